The van der Waals surface area contributed by atoms with Crippen LogP contribution in [0.15, 0.2) is 43.1 Å². The number of nitrogens with one attached hydrogen (secondary N) is 2. The smallest absolute Gasteiger partial charge is 0.251 e. The Bertz CT molecular complexity index is 966. The Morgan fingerprint density at radius 2 is 2.19 bits per heavy atom. The Kier molecular flexibility index (Phi) is 7.59. The van der Waals surface area contributed by atoms with Crippen LogP contribution in [0.5, 0.6) is 0 Å². The van der Waals surface area contributed by atoms with Crippen LogP contribution >= 0.6 is 11.6 Å². The molecule has 0 saturated carbocycles. The number of carbonyl (C=O) groups is 2. The maximum Gasteiger partial charge on any atom is 0.251 e. The first-order valence-corrected chi connectivity index (χ1v) is 10.5. The average molecular weight is 444 g/mol. The molecule has 1 aliphatic heterocycles. The van der Waals surface area contributed by atoms with E-state index in [-0.39, 0.29) is 17.9 Å². The summed E-state index contributed by atoms with van der Waals surface area (Å²) in [5.74, 6) is -0.150. The third-order valence-electron chi connectivity index (χ3n) is 5.06. The van der Waals surface area contributed by atoms with Crippen molar-refractivity contribution < 1.29 is 14.7 Å². The van der Waals surface area contributed by atoms with E-state index in [1.165, 1.54) is 13.0 Å². The number of benzene rings is 1. The van der Waals surface area contributed by atoms with E-state index in [1.807, 2.05) is 18.2 Å². The number of para-hydroxylation sites is 1. The van der Waals surface area contributed by atoms with Crippen LogP contribution in [0.4, 0.5) is 11.6 Å². The summed E-state index contributed by atoms with van der Waals surface area (Å²) in [5.41, 5.74) is 2.14. The zero-order chi connectivity index (χ0) is 22.4. The topological polar surface area (TPSA) is 107 Å². The zero-order valence-electron chi connectivity index (χ0n) is 17.3. The summed E-state index contributed by atoms with van der Waals surface area (Å²) in [7, 11) is 0. The highest BCUT2D eigenvalue weighted by Gasteiger charge is 2.26. The van der Waals surface area contributed by atoms with Crippen molar-refractivity contribution in [3.8, 4) is 0 Å². The summed E-state index contributed by atoms with van der Waals surface area (Å²) < 4.78 is 0. The minimum Gasteiger partial charge on any atom is -0.384 e. The Balaban J connectivity index is 1.73. The quantitative estimate of drug-likeness (QED) is 0.568. The van der Waals surface area contributed by atoms with Gasteiger partial charge in [0.15, 0.2) is 0 Å². The second kappa shape index (κ2) is 10.4. The van der Waals surface area contributed by atoms with Gasteiger partial charge < -0.3 is 20.6 Å². The van der Waals surface area contributed by atoms with Crippen molar-refractivity contribution in [2.24, 2.45) is 0 Å². The second-order valence-corrected chi connectivity index (χ2v) is 7.87. The normalized spacial score (nSPS) is 17.0. The molecule has 0 unspecified atom stereocenters. The largest absolute Gasteiger partial charge is 0.384 e. The highest BCUT2D eigenvalue weighted by Crippen LogP contribution is 2.24. The highest BCUT2D eigenvalue weighted by atomic mass is 35.5. The van der Waals surface area contributed by atoms with Gasteiger partial charge in [-0.15, -0.1) is 0 Å². The van der Waals surface area contributed by atoms with Crippen LogP contribution in [-0.2, 0) is 16.0 Å². The summed E-state index contributed by atoms with van der Waals surface area (Å²) in [5, 5.41) is 16.1. The average Bonchev–Trinajstić information content (AvgIpc) is 2.76. The molecule has 1 saturated heterocycles. The van der Waals surface area contributed by atoms with Gasteiger partial charge in [0.05, 0.1) is 16.9 Å². The lowest BCUT2D eigenvalue weighted by molar-refractivity contribution is -0.140. The maximum absolute atomic E-state index is 12.1. The SMILES string of the molecule is C=CC(=O)Nc1ccccc1Cc1nc(N[C@H]2CCCN(C(=O)[C@@H](C)O)C2)ncc1Cl. The van der Waals surface area contributed by atoms with Crippen LogP contribution in [0.3, 0.4) is 0 Å². The monoisotopic (exact) mass is 443 g/mol. The van der Waals surface area contributed by atoms with Gasteiger partial charge in [0.1, 0.15) is 6.10 Å². The predicted molar refractivity (Wildman–Crippen MR) is 120 cm³/mol. The predicted octanol–water partition coefficient (Wildman–Crippen LogP) is 2.63. The molecule has 1 aliphatic rings. The van der Waals surface area contributed by atoms with E-state index in [0.717, 1.165) is 18.4 Å². The number of hydrogen-bond donors (Lipinski definition) is 3. The van der Waals surface area contributed by atoms with Crippen molar-refractivity contribution in [3.05, 3.63) is 59.4 Å². The summed E-state index contributed by atoms with van der Waals surface area (Å²) in [4.78, 5) is 34.3. The van der Waals surface area contributed by atoms with Gasteiger partial charge in [-0.05, 0) is 37.5 Å². The molecule has 1 aromatic carbocycles. The summed E-state index contributed by atoms with van der Waals surface area (Å²) >= 11 is 6.34. The number of likely N-dealkylation sites (tertiary alicyclic amines) is 1. The molecule has 0 spiro atoms. The van der Waals surface area contributed by atoms with Crippen molar-refractivity contribution in [1.29, 1.82) is 0 Å². The maximum atomic E-state index is 12.1. The van der Waals surface area contributed by atoms with Crippen molar-refractivity contribution in [2.45, 2.75) is 38.3 Å². The lowest BCUT2D eigenvalue weighted by Crippen LogP contribution is -2.48. The van der Waals surface area contributed by atoms with Gasteiger partial charge in [-0.25, -0.2) is 9.97 Å². The van der Waals surface area contributed by atoms with Crippen molar-refractivity contribution >= 4 is 35.1 Å². The molecule has 2 aromatic rings. The number of aliphatic hydroxyl groups excluding tert-OH is 1. The Hall–Kier alpha value is -2.97. The van der Waals surface area contributed by atoms with Crippen LogP contribution in [-0.4, -0.2) is 57.0 Å². The summed E-state index contributed by atoms with van der Waals surface area (Å²) in [6.45, 7) is 6.05. The number of aliphatic hydroxyl groups is 1. The number of rotatable bonds is 7. The molecule has 0 radical (unpaired) electrons. The van der Waals surface area contributed by atoms with Crippen molar-refractivity contribution in [1.82, 2.24) is 14.9 Å². The fraction of sp³-hybridized carbons (Fsp3) is 0.364. The van der Waals surface area contributed by atoms with Crippen LogP contribution in [0.2, 0.25) is 5.02 Å². The third kappa shape index (κ3) is 6.02. The van der Waals surface area contributed by atoms with Gasteiger partial charge in [0, 0.05) is 31.2 Å². The first-order chi connectivity index (χ1) is 14.9. The van der Waals surface area contributed by atoms with E-state index in [2.05, 4.69) is 27.2 Å². The Labute approximate surface area is 186 Å². The van der Waals surface area contributed by atoms with E-state index in [0.29, 0.717) is 41.9 Å². The van der Waals surface area contributed by atoms with E-state index in [9.17, 15) is 14.7 Å². The van der Waals surface area contributed by atoms with Crippen LogP contribution in [0.25, 0.3) is 0 Å². The van der Waals surface area contributed by atoms with Gasteiger partial charge >= 0.3 is 0 Å². The fourth-order valence-corrected chi connectivity index (χ4v) is 3.66. The number of carbonyl (C=O) groups excluding carboxylic acids is 2. The third-order valence-corrected chi connectivity index (χ3v) is 5.37. The molecule has 3 N–H and O–H groups in total. The first kappa shape index (κ1) is 22.7. The Morgan fingerprint density at radius 1 is 1.42 bits per heavy atom. The van der Waals surface area contributed by atoms with E-state index in [4.69, 9.17) is 11.6 Å². The zero-order valence-corrected chi connectivity index (χ0v) is 18.1. The number of nitrogens with zero attached hydrogens (tertiary/aromatic N) is 3. The fourth-order valence-electron chi connectivity index (χ4n) is 3.50. The molecular weight excluding hydrogens is 418 g/mol. The lowest BCUT2D eigenvalue weighted by atomic mass is 10.1. The molecule has 9 heteroatoms. The van der Waals surface area contributed by atoms with Gasteiger partial charge in [0.25, 0.3) is 5.91 Å². The number of amides is 2. The lowest BCUT2D eigenvalue weighted by Gasteiger charge is -2.33. The molecule has 2 amide bonds. The molecular formula is C22H26ClN5O3. The molecule has 0 bridgehead atoms. The van der Waals surface area contributed by atoms with E-state index in [1.54, 1.807) is 17.2 Å². The molecule has 1 aromatic heterocycles. The van der Waals surface area contributed by atoms with E-state index >= 15 is 0 Å². The first-order valence-electron chi connectivity index (χ1n) is 10.1. The van der Waals surface area contributed by atoms with Crippen LogP contribution < -0.4 is 10.6 Å². The Morgan fingerprint density at radius 3 is 2.94 bits per heavy atom. The number of piperidine rings is 1. The van der Waals surface area contributed by atoms with Gasteiger partial charge in [-0.3, -0.25) is 9.59 Å². The van der Waals surface area contributed by atoms with Crippen LogP contribution in [0, 0.1) is 0 Å². The van der Waals surface area contributed by atoms with Crippen molar-refractivity contribution in [3.63, 3.8) is 0 Å². The van der Waals surface area contributed by atoms with E-state index < -0.39 is 6.10 Å². The minimum atomic E-state index is -1.02. The number of anilines is 2. The molecule has 2 atom stereocenters. The highest BCUT2D eigenvalue weighted by molar-refractivity contribution is 6.31. The second-order valence-electron chi connectivity index (χ2n) is 7.46. The van der Waals surface area contributed by atoms with Gasteiger partial charge in [-0.1, -0.05) is 36.4 Å². The molecule has 1 fully saturated rings. The standard InChI is InChI=1S/C22H26ClN5O3/c1-3-20(30)26-18-9-5-4-7-15(18)11-19-17(23)12-24-22(27-19)25-16-8-6-10-28(13-16)21(31)14(2)29/h3-5,7,9,12,14,16,29H,1,6,8,10-11,13H2,2H3,(H,26,30)(H,24,25,27)/t14-,16+/m1/s1. The number of halogens is 1. The molecule has 8 nitrogen and oxygen atoms in total. The minimum absolute atomic E-state index is 0.0235. The van der Waals surface area contributed by atoms with Crippen molar-refractivity contribution in [2.75, 3.05) is 23.7 Å². The van der Waals surface area contributed by atoms with Gasteiger partial charge in [-0.2, -0.15) is 0 Å². The molecule has 0 aliphatic carbocycles. The molecule has 164 valence electrons. The summed E-state index contributed by atoms with van der Waals surface area (Å²) in [6.07, 6.45) is 3.83. The molecule has 3 rings (SSSR count). The molecule has 2 heterocycles. The number of hydrogen-bond acceptors (Lipinski definition) is 6. The van der Waals surface area contributed by atoms with Crippen LogP contribution in [0.1, 0.15) is 31.0 Å². The number of aromatic nitrogens is 2. The van der Waals surface area contributed by atoms with Gasteiger partial charge in [0.2, 0.25) is 11.9 Å². The summed E-state index contributed by atoms with van der Waals surface area (Å²) in [6, 6.07) is 7.39. The molecule has 31 heavy (non-hydrogen) atoms.